The highest BCUT2D eigenvalue weighted by molar-refractivity contribution is 5.92. The van der Waals surface area contributed by atoms with Gasteiger partial charge in [-0.1, -0.05) is 6.92 Å². The van der Waals surface area contributed by atoms with Crippen molar-refractivity contribution in [3.63, 3.8) is 0 Å². The molecule has 0 heterocycles. The summed E-state index contributed by atoms with van der Waals surface area (Å²) >= 11 is 0. The Morgan fingerprint density at radius 2 is 1.89 bits per heavy atom. The molecule has 106 valence electrons. The van der Waals surface area contributed by atoms with Crippen LogP contribution in [0.4, 0.5) is 0 Å². The van der Waals surface area contributed by atoms with Crippen LogP contribution >= 0.6 is 0 Å². The van der Waals surface area contributed by atoms with Gasteiger partial charge in [0.25, 0.3) is 0 Å². The Bertz CT molecular complexity index is 411. The van der Waals surface area contributed by atoms with Crippen molar-refractivity contribution in [2.24, 2.45) is 11.3 Å². The van der Waals surface area contributed by atoms with Crippen LogP contribution in [0.1, 0.15) is 47.5 Å². The summed E-state index contributed by atoms with van der Waals surface area (Å²) in [6.07, 6.45) is 1.14. The van der Waals surface area contributed by atoms with Gasteiger partial charge < -0.3 is 10.6 Å². The van der Waals surface area contributed by atoms with Gasteiger partial charge in [0.05, 0.1) is 6.07 Å². The summed E-state index contributed by atoms with van der Waals surface area (Å²) in [6, 6.07) is 1.46. The molecule has 0 radical (unpaired) electrons. The molecule has 1 aliphatic rings. The van der Waals surface area contributed by atoms with Crippen LogP contribution < -0.4 is 10.6 Å². The number of nitrogens with zero attached hydrogens (tertiary/aromatic N) is 1. The van der Waals surface area contributed by atoms with E-state index >= 15 is 0 Å². The van der Waals surface area contributed by atoms with Gasteiger partial charge in [-0.25, -0.2) is 0 Å². The standard InChI is InChI=1S/C14H23N3O2/c1-9-6-14(7-9,8-15)12(19)16-10(2)11(18)17-13(3,4)5/h9-10H,6-7H2,1-5H3,(H,16,19)(H,17,18). The molecule has 0 aromatic heterocycles. The van der Waals surface area contributed by atoms with E-state index in [1.54, 1.807) is 6.92 Å². The number of carbonyl (C=O) groups is 2. The number of hydrogen-bond donors (Lipinski definition) is 2. The van der Waals surface area contributed by atoms with E-state index in [0.29, 0.717) is 18.8 Å². The zero-order valence-corrected chi connectivity index (χ0v) is 12.3. The molecular weight excluding hydrogens is 242 g/mol. The predicted molar refractivity (Wildman–Crippen MR) is 71.9 cm³/mol. The van der Waals surface area contributed by atoms with E-state index < -0.39 is 11.5 Å². The molecule has 1 saturated carbocycles. The largest absolute Gasteiger partial charge is 0.350 e. The first kappa shape index (κ1) is 15.5. The average Bonchev–Trinajstić information content (AvgIpc) is 2.21. The minimum atomic E-state index is -0.935. The van der Waals surface area contributed by atoms with Gasteiger partial charge in [0.2, 0.25) is 11.8 Å². The molecule has 1 atom stereocenters. The maximum Gasteiger partial charge on any atom is 0.242 e. The number of nitriles is 1. The molecular formula is C14H23N3O2. The Kier molecular flexibility index (Phi) is 4.24. The fraction of sp³-hybridized carbons (Fsp3) is 0.786. The third-order valence-corrected chi connectivity index (χ3v) is 3.28. The van der Waals surface area contributed by atoms with Crippen molar-refractivity contribution in [1.29, 1.82) is 5.26 Å². The van der Waals surface area contributed by atoms with Crippen LogP contribution in [0, 0.1) is 22.7 Å². The molecule has 0 aromatic carbocycles. The summed E-state index contributed by atoms with van der Waals surface area (Å²) in [5.41, 5.74) is -1.27. The first-order valence-electron chi connectivity index (χ1n) is 6.64. The van der Waals surface area contributed by atoms with E-state index in [4.69, 9.17) is 5.26 Å². The molecule has 1 rings (SSSR count). The lowest BCUT2D eigenvalue weighted by Crippen LogP contribution is -2.55. The topological polar surface area (TPSA) is 82.0 Å². The molecule has 1 unspecified atom stereocenters. The molecule has 2 N–H and O–H groups in total. The lowest BCUT2D eigenvalue weighted by molar-refractivity contribution is -0.137. The summed E-state index contributed by atoms with van der Waals surface area (Å²) in [5, 5.41) is 14.6. The zero-order chi connectivity index (χ0) is 14.8. The lowest BCUT2D eigenvalue weighted by Gasteiger charge is -2.39. The number of nitrogens with one attached hydrogen (secondary N) is 2. The van der Waals surface area contributed by atoms with Crippen LogP contribution in [0.5, 0.6) is 0 Å². The van der Waals surface area contributed by atoms with Crippen molar-refractivity contribution in [2.45, 2.75) is 59.0 Å². The summed E-state index contributed by atoms with van der Waals surface area (Å²) in [7, 11) is 0. The minimum Gasteiger partial charge on any atom is -0.350 e. The fourth-order valence-corrected chi connectivity index (χ4v) is 2.34. The lowest BCUT2D eigenvalue weighted by atomic mass is 9.63. The molecule has 0 bridgehead atoms. The second kappa shape index (κ2) is 5.20. The van der Waals surface area contributed by atoms with E-state index in [2.05, 4.69) is 16.7 Å². The highest BCUT2D eigenvalue weighted by Crippen LogP contribution is 2.45. The van der Waals surface area contributed by atoms with E-state index in [9.17, 15) is 9.59 Å². The maximum atomic E-state index is 12.1. The summed E-state index contributed by atoms with van der Waals surface area (Å²) in [6.45, 7) is 9.28. The van der Waals surface area contributed by atoms with Crippen LogP contribution in [-0.2, 0) is 9.59 Å². The monoisotopic (exact) mass is 265 g/mol. The van der Waals surface area contributed by atoms with Gasteiger partial charge in [0, 0.05) is 5.54 Å². The van der Waals surface area contributed by atoms with Crippen molar-refractivity contribution < 1.29 is 9.59 Å². The van der Waals surface area contributed by atoms with Gasteiger partial charge in [-0.05, 0) is 46.5 Å². The summed E-state index contributed by atoms with van der Waals surface area (Å²) < 4.78 is 0. The van der Waals surface area contributed by atoms with E-state index in [1.807, 2.05) is 27.7 Å². The van der Waals surface area contributed by atoms with Crippen molar-refractivity contribution in [2.75, 3.05) is 0 Å². The molecule has 0 aromatic rings. The second-order valence-electron chi connectivity index (χ2n) is 6.64. The normalized spacial score (nSPS) is 27.7. The number of carbonyl (C=O) groups excluding carboxylic acids is 2. The Balaban J connectivity index is 2.58. The van der Waals surface area contributed by atoms with Crippen molar-refractivity contribution in [3.8, 4) is 6.07 Å². The molecule has 1 fully saturated rings. The molecule has 0 aliphatic heterocycles. The van der Waals surface area contributed by atoms with Crippen LogP contribution in [0.25, 0.3) is 0 Å². The summed E-state index contributed by atoms with van der Waals surface area (Å²) in [5.74, 6) is -0.171. The van der Waals surface area contributed by atoms with E-state index in [1.165, 1.54) is 0 Å². The first-order valence-corrected chi connectivity index (χ1v) is 6.64. The van der Waals surface area contributed by atoms with Crippen molar-refractivity contribution >= 4 is 11.8 Å². The van der Waals surface area contributed by atoms with Crippen LogP contribution in [0.15, 0.2) is 0 Å². The smallest absolute Gasteiger partial charge is 0.242 e. The molecule has 19 heavy (non-hydrogen) atoms. The van der Waals surface area contributed by atoms with Crippen LogP contribution in [-0.4, -0.2) is 23.4 Å². The van der Waals surface area contributed by atoms with Gasteiger partial charge in [0.15, 0.2) is 0 Å². The molecule has 0 spiro atoms. The van der Waals surface area contributed by atoms with E-state index in [-0.39, 0.29) is 17.4 Å². The van der Waals surface area contributed by atoms with Crippen LogP contribution in [0.3, 0.4) is 0 Å². The third kappa shape index (κ3) is 3.69. The maximum absolute atomic E-state index is 12.1. The Morgan fingerprint density at radius 3 is 2.26 bits per heavy atom. The Morgan fingerprint density at radius 1 is 1.37 bits per heavy atom. The minimum absolute atomic E-state index is 0.235. The highest BCUT2D eigenvalue weighted by Gasteiger charge is 2.49. The van der Waals surface area contributed by atoms with Gasteiger partial charge in [0.1, 0.15) is 11.5 Å². The number of amides is 2. The van der Waals surface area contributed by atoms with Crippen molar-refractivity contribution in [1.82, 2.24) is 10.6 Å². The number of rotatable bonds is 3. The zero-order valence-electron chi connectivity index (χ0n) is 12.3. The first-order chi connectivity index (χ1) is 8.59. The molecule has 5 heteroatoms. The van der Waals surface area contributed by atoms with Crippen LogP contribution in [0.2, 0.25) is 0 Å². The van der Waals surface area contributed by atoms with Gasteiger partial charge in [-0.3, -0.25) is 9.59 Å². The van der Waals surface area contributed by atoms with Gasteiger partial charge >= 0.3 is 0 Å². The Hall–Kier alpha value is -1.57. The Labute approximate surface area is 114 Å². The molecule has 5 nitrogen and oxygen atoms in total. The average molecular weight is 265 g/mol. The van der Waals surface area contributed by atoms with E-state index in [0.717, 1.165) is 0 Å². The molecule has 1 aliphatic carbocycles. The predicted octanol–water partition coefficient (Wildman–Crippen LogP) is 1.35. The molecule has 2 amide bonds. The van der Waals surface area contributed by atoms with Gasteiger partial charge in [-0.2, -0.15) is 5.26 Å². The quantitative estimate of drug-likeness (QED) is 0.808. The SMILES string of the molecule is CC1CC(C#N)(C(=O)NC(C)C(=O)NC(C)(C)C)C1. The summed E-state index contributed by atoms with van der Waals surface area (Å²) in [4.78, 5) is 24.0. The van der Waals surface area contributed by atoms with Crippen molar-refractivity contribution in [3.05, 3.63) is 0 Å². The highest BCUT2D eigenvalue weighted by atomic mass is 16.2. The number of hydrogen-bond acceptors (Lipinski definition) is 3. The van der Waals surface area contributed by atoms with Gasteiger partial charge in [-0.15, -0.1) is 0 Å². The fourth-order valence-electron chi connectivity index (χ4n) is 2.34. The molecule has 0 saturated heterocycles. The third-order valence-electron chi connectivity index (χ3n) is 3.28. The second-order valence-corrected chi connectivity index (χ2v) is 6.64.